The van der Waals surface area contributed by atoms with Gasteiger partial charge in [-0.3, -0.25) is 4.72 Å². The number of pyridine rings is 1. The van der Waals surface area contributed by atoms with Crippen LogP contribution in [-0.4, -0.2) is 46.3 Å². The number of benzene rings is 2. The van der Waals surface area contributed by atoms with Gasteiger partial charge in [-0.1, -0.05) is 18.2 Å². The second-order valence-corrected chi connectivity index (χ2v) is 10.4. The molecule has 2 aliphatic heterocycles. The highest BCUT2D eigenvalue weighted by Crippen LogP contribution is 2.44. The Morgan fingerprint density at radius 1 is 0.973 bits per heavy atom. The lowest BCUT2D eigenvalue weighted by molar-refractivity contribution is -0.137. The van der Waals surface area contributed by atoms with E-state index < -0.39 is 27.7 Å². The van der Waals surface area contributed by atoms with Crippen LogP contribution in [-0.2, 0) is 20.9 Å². The predicted octanol–water partition coefficient (Wildman–Crippen LogP) is 4.79. The smallest absolute Gasteiger partial charge is 0.416 e. The van der Waals surface area contributed by atoms with Crippen LogP contribution >= 0.6 is 0 Å². The van der Waals surface area contributed by atoms with Crippen molar-refractivity contribution < 1.29 is 35.5 Å². The fourth-order valence-electron chi connectivity index (χ4n) is 4.61. The Bertz CT molecular complexity index is 1410. The van der Waals surface area contributed by atoms with Gasteiger partial charge in [0.05, 0.1) is 30.3 Å². The number of hydrogen-bond acceptors (Lipinski definition) is 6. The average Bonchev–Trinajstić information content (AvgIpc) is 2.87. The lowest BCUT2D eigenvalue weighted by Gasteiger charge is -2.34. The summed E-state index contributed by atoms with van der Waals surface area (Å²) < 4.78 is 93.1. The number of ether oxygens (including phenoxy) is 2. The standard InChI is InChI=1S/C25H23F4N3O4S/c26-23-2-1-3-24(30-23)31-37(33,34)17-5-7-20-18(8-11-36-22(20)15-17)19-6-4-16(25(27,28)29)14-21(19)32-9-12-35-13-10-32/h1-7,14-15,18H,8-13H2,(H,30,31)/t18-/m1/s1. The summed E-state index contributed by atoms with van der Waals surface area (Å²) in [5, 5.41) is 0. The summed E-state index contributed by atoms with van der Waals surface area (Å²) in [6.45, 7) is 2.00. The second kappa shape index (κ2) is 9.82. The number of anilines is 2. The molecule has 2 aliphatic rings. The summed E-state index contributed by atoms with van der Waals surface area (Å²) >= 11 is 0. The maximum absolute atomic E-state index is 13.5. The van der Waals surface area contributed by atoms with Crippen molar-refractivity contribution in [2.75, 3.05) is 42.5 Å². The van der Waals surface area contributed by atoms with Crippen LogP contribution in [0.2, 0.25) is 0 Å². The molecule has 196 valence electrons. The molecule has 0 bridgehead atoms. The Morgan fingerprint density at radius 3 is 2.46 bits per heavy atom. The summed E-state index contributed by atoms with van der Waals surface area (Å²) in [6, 6.07) is 11.8. The van der Waals surface area contributed by atoms with E-state index in [-0.39, 0.29) is 23.2 Å². The van der Waals surface area contributed by atoms with Crippen LogP contribution in [0.1, 0.15) is 29.0 Å². The molecule has 0 amide bonds. The van der Waals surface area contributed by atoms with Gasteiger partial charge in [0.15, 0.2) is 0 Å². The SMILES string of the molecule is O=S(=O)(Nc1cccc(F)n1)c1ccc2c(c1)OCC[C@@H]2c1ccc(C(F)(F)F)cc1N1CCOCC1. The minimum atomic E-state index is -4.49. The molecular formula is C25H23F4N3O4S. The first-order valence-electron chi connectivity index (χ1n) is 11.6. The van der Waals surface area contributed by atoms with Crippen molar-refractivity contribution in [1.29, 1.82) is 0 Å². The quantitative estimate of drug-likeness (QED) is 0.373. The van der Waals surface area contributed by atoms with Gasteiger partial charge in [-0.15, -0.1) is 0 Å². The molecule has 0 saturated carbocycles. The summed E-state index contributed by atoms with van der Waals surface area (Å²) in [5.74, 6) is -0.988. The maximum atomic E-state index is 13.5. The molecule has 3 aromatic rings. The van der Waals surface area contributed by atoms with Crippen molar-refractivity contribution in [2.24, 2.45) is 0 Å². The van der Waals surface area contributed by atoms with Crippen LogP contribution in [0.4, 0.5) is 29.1 Å². The number of aromatic nitrogens is 1. The number of alkyl halides is 3. The van der Waals surface area contributed by atoms with Gasteiger partial charge in [-0.2, -0.15) is 17.6 Å². The zero-order chi connectivity index (χ0) is 26.2. The normalized spacial score (nSPS) is 18.2. The topological polar surface area (TPSA) is 80.8 Å². The van der Waals surface area contributed by atoms with Gasteiger partial charge in [0, 0.05) is 36.3 Å². The molecule has 1 aromatic heterocycles. The van der Waals surface area contributed by atoms with E-state index in [1.54, 1.807) is 6.07 Å². The highest BCUT2D eigenvalue weighted by molar-refractivity contribution is 7.92. The number of fused-ring (bicyclic) bond motifs is 1. The molecule has 5 rings (SSSR count). The summed E-state index contributed by atoms with van der Waals surface area (Å²) in [7, 11) is -4.10. The Hall–Kier alpha value is -3.38. The van der Waals surface area contributed by atoms with Gasteiger partial charge < -0.3 is 14.4 Å². The van der Waals surface area contributed by atoms with E-state index in [1.807, 2.05) is 4.90 Å². The minimum absolute atomic E-state index is 0.112. The summed E-state index contributed by atoms with van der Waals surface area (Å²) in [5.41, 5.74) is 1.12. The monoisotopic (exact) mass is 537 g/mol. The van der Waals surface area contributed by atoms with E-state index in [9.17, 15) is 26.0 Å². The van der Waals surface area contributed by atoms with Crippen LogP contribution in [0.15, 0.2) is 59.5 Å². The number of morpholine rings is 1. The van der Waals surface area contributed by atoms with Crippen molar-refractivity contribution in [2.45, 2.75) is 23.4 Å². The Kier molecular flexibility index (Phi) is 6.71. The highest BCUT2D eigenvalue weighted by atomic mass is 32.2. The number of rotatable bonds is 5. The number of sulfonamides is 1. The van der Waals surface area contributed by atoms with Crippen LogP contribution < -0.4 is 14.4 Å². The number of hydrogen-bond donors (Lipinski definition) is 1. The molecule has 2 aromatic carbocycles. The van der Waals surface area contributed by atoms with Gasteiger partial charge in [-0.05, 0) is 42.3 Å². The number of halogens is 4. The zero-order valence-electron chi connectivity index (χ0n) is 19.5. The van der Waals surface area contributed by atoms with E-state index in [0.717, 1.165) is 12.1 Å². The molecular weight excluding hydrogens is 514 g/mol. The third-order valence-electron chi connectivity index (χ3n) is 6.37. The van der Waals surface area contributed by atoms with Crippen LogP contribution in [0.5, 0.6) is 5.75 Å². The molecule has 1 fully saturated rings. The number of nitrogens with one attached hydrogen (secondary N) is 1. The largest absolute Gasteiger partial charge is 0.493 e. The van der Waals surface area contributed by atoms with Crippen molar-refractivity contribution in [1.82, 2.24) is 4.98 Å². The lowest BCUT2D eigenvalue weighted by Crippen LogP contribution is -2.37. The van der Waals surface area contributed by atoms with Crippen LogP contribution in [0.25, 0.3) is 0 Å². The summed E-state index contributed by atoms with van der Waals surface area (Å²) in [4.78, 5) is 5.29. The van der Waals surface area contributed by atoms with E-state index in [4.69, 9.17) is 9.47 Å². The van der Waals surface area contributed by atoms with Crippen molar-refractivity contribution in [3.8, 4) is 5.75 Å². The first-order chi connectivity index (χ1) is 17.6. The molecule has 0 radical (unpaired) electrons. The Labute approximate surface area is 211 Å². The highest BCUT2D eigenvalue weighted by Gasteiger charge is 2.34. The zero-order valence-corrected chi connectivity index (χ0v) is 20.3. The fourth-order valence-corrected chi connectivity index (χ4v) is 5.63. The molecule has 3 heterocycles. The van der Waals surface area contributed by atoms with E-state index in [1.165, 1.54) is 36.4 Å². The Morgan fingerprint density at radius 2 is 1.73 bits per heavy atom. The Balaban J connectivity index is 1.51. The van der Waals surface area contributed by atoms with Crippen molar-refractivity contribution in [3.05, 3.63) is 77.2 Å². The van der Waals surface area contributed by atoms with E-state index in [2.05, 4.69) is 9.71 Å². The van der Waals surface area contributed by atoms with Gasteiger partial charge >= 0.3 is 6.18 Å². The fraction of sp³-hybridized carbons (Fsp3) is 0.320. The van der Waals surface area contributed by atoms with Gasteiger partial charge in [0.25, 0.3) is 10.0 Å². The molecule has 0 aliphatic carbocycles. The van der Waals surface area contributed by atoms with Crippen LogP contribution in [0.3, 0.4) is 0 Å². The first kappa shape index (κ1) is 25.3. The van der Waals surface area contributed by atoms with Crippen molar-refractivity contribution in [3.63, 3.8) is 0 Å². The van der Waals surface area contributed by atoms with Gasteiger partial charge in [-0.25, -0.2) is 13.4 Å². The molecule has 0 unspecified atom stereocenters. The minimum Gasteiger partial charge on any atom is -0.493 e. The van der Waals surface area contributed by atoms with Crippen molar-refractivity contribution >= 4 is 21.5 Å². The maximum Gasteiger partial charge on any atom is 0.416 e. The lowest BCUT2D eigenvalue weighted by atomic mass is 9.85. The first-order valence-corrected chi connectivity index (χ1v) is 13.1. The third-order valence-corrected chi connectivity index (χ3v) is 7.73. The number of nitrogens with zero attached hydrogens (tertiary/aromatic N) is 2. The molecule has 1 atom stereocenters. The molecule has 12 heteroatoms. The average molecular weight is 538 g/mol. The van der Waals surface area contributed by atoms with E-state index in [0.29, 0.717) is 55.3 Å². The second-order valence-electron chi connectivity index (χ2n) is 8.71. The molecule has 37 heavy (non-hydrogen) atoms. The predicted molar refractivity (Wildman–Crippen MR) is 128 cm³/mol. The molecule has 1 saturated heterocycles. The van der Waals surface area contributed by atoms with Gasteiger partial charge in [0.1, 0.15) is 11.6 Å². The van der Waals surface area contributed by atoms with Crippen LogP contribution in [0, 0.1) is 5.95 Å². The molecule has 7 nitrogen and oxygen atoms in total. The molecule has 1 N–H and O–H groups in total. The van der Waals surface area contributed by atoms with Gasteiger partial charge in [0.2, 0.25) is 5.95 Å². The summed E-state index contributed by atoms with van der Waals surface area (Å²) in [6.07, 6.45) is -3.98. The molecule has 0 spiro atoms. The van der Waals surface area contributed by atoms with E-state index >= 15 is 0 Å². The third kappa shape index (κ3) is 5.35.